The van der Waals surface area contributed by atoms with Crippen LogP contribution >= 0.6 is 0 Å². The molecule has 0 spiro atoms. The maximum atomic E-state index is 13.0. The van der Waals surface area contributed by atoms with Crippen LogP contribution in [0.1, 0.15) is 62.3 Å². The van der Waals surface area contributed by atoms with E-state index >= 15 is 0 Å². The van der Waals surface area contributed by atoms with E-state index in [1.165, 1.54) is 12.1 Å². The molecule has 3 rings (SSSR count). The molecule has 0 atom stereocenters. The molecule has 1 aliphatic heterocycles. The number of benzene rings is 1. The Kier molecular flexibility index (Phi) is 6.15. The molecule has 30 heavy (non-hydrogen) atoms. The molecule has 1 aliphatic rings. The van der Waals surface area contributed by atoms with Gasteiger partial charge in [0, 0.05) is 37.9 Å². The normalized spacial score (nSPS) is 16.0. The summed E-state index contributed by atoms with van der Waals surface area (Å²) in [6.07, 6.45) is -3.24. The second-order valence-corrected chi connectivity index (χ2v) is 8.61. The molecule has 164 valence electrons. The van der Waals surface area contributed by atoms with Crippen molar-refractivity contribution in [2.75, 3.05) is 13.1 Å². The highest BCUT2D eigenvalue weighted by Crippen LogP contribution is 2.31. The SMILES string of the molecule is CCn1nc(C(C)(C)C)cc1C(=O)N1CCC(Oc2ccc(C(F)(F)F)cc2)CC1. The Morgan fingerprint density at radius 2 is 1.73 bits per heavy atom. The molecule has 1 fully saturated rings. The van der Waals surface area contributed by atoms with E-state index in [0.717, 1.165) is 17.8 Å². The average molecular weight is 423 g/mol. The van der Waals surface area contributed by atoms with Crippen LogP contribution in [0, 0.1) is 0 Å². The number of carbonyl (C=O) groups is 1. The predicted molar refractivity (Wildman–Crippen MR) is 108 cm³/mol. The standard InChI is InChI=1S/C22H28F3N3O2/c1-5-28-18(14-19(26-28)21(2,3)4)20(29)27-12-10-17(11-13-27)30-16-8-6-15(7-9-16)22(23,24)25/h6-9,14,17H,5,10-13H2,1-4H3. The maximum absolute atomic E-state index is 13.0. The van der Waals surface area contributed by atoms with E-state index < -0.39 is 11.7 Å². The van der Waals surface area contributed by atoms with Gasteiger partial charge < -0.3 is 9.64 Å². The second kappa shape index (κ2) is 8.32. The number of alkyl halides is 3. The van der Waals surface area contributed by atoms with Gasteiger partial charge in [0.1, 0.15) is 17.5 Å². The number of hydrogen-bond acceptors (Lipinski definition) is 3. The molecular formula is C22H28F3N3O2. The second-order valence-electron chi connectivity index (χ2n) is 8.61. The van der Waals surface area contributed by atoms with E-state index in [1.807, 2.05) is 13.0 Å². The highest BCUT2D eigenvalue weighted by atomic mass is 19.4. The van der Waals surface area contributed by atoms with Crippen molar-refractivity contribution in [1.29, 1.82) is 0 Å². The summed E-state index contributed by atoms with van der Waals surface area (Å²) in [5, 5.41) is 4.58. The average Bonchev–Trinajstić information content (AvgIpc) is 3.13. The van der Waals surface area contributed by atoms with Crippen molar-refractivity contribution in [3.63, 3.8) is 0 Å². The Morgan fingerprint density at radius 3 is 2.23 bits per heavy atom. The summed E-state index contributed by atoms with van der Waals surface area (Å²) in [6.45, 7) is 9.83. The molecule has 0 aliphatic carbocycles. The molecule has 0 N–H and O–H groups in total. The third-order valence-electron chi connectivity index (χ3n) is 5.28. The number of hydrogen-bond donors (Lipinski definition) is 0. The third-order valence-corrected chi connectivity index (χ3v) is 5.28. The Bertz CT molecular complexity index is 875. The summed E-state index contributed by atoms with van der Waals surface area (Å²) < 4.78 is 45.6. The molecule has 0 radical (unpaired) electrons. The number of ether oxygens (including phenoxy) is 1. The van der Waals surface area contributed by atoms with E-state index in [4.69, 9.17) is 4.74 Å². The van der Waals surface area contributed by atoms with Crippen molar-refractivity contribution in [1.82, 2.24) is 14.7 Å². The van der Waals surface area contributed by atoms with Crippen LogP contribution < -0.4 is 4.74 Å². The van der Waals surface area contributed by atoms with Gasteiger partial charge in [-0.25, -0.2) is 0 Å². The van der Waals surface area contributed by atoms with Crippen molar-refractivity contribution < 1.29 is 22.7 Å². The summed E-state index contributed by atoms with van der Waals surface area (Å²) in [5.41, 5.74) is 0.632. The fourth-order valence-electron chi connectivity index (χ4n) is 3.45. The number of piperidine rings is 1. The van der Waals surface area contributed by atoms with Gasteiger partial charge in [-0.3, -0.25) is 9.48 Å². The lowest BCUT2D eigenvalue weighted by atomic mass is 9.92. The summed E-state index contributed by atoms with van der Waals surface area (Å²) in [7, 11) is 0. The minimum absolute atomic E-state index is 0.0483. The zero-order valence-corrected chi connectivity index (χ0v) is 17.8. The highest BCUT2D eigenvalue weighted by Gasteiger charge is 2.31. The fourth-order valence-corrected chi connectivity index (χ4v) is 3.45. The maximum Gasteiger partial charge on any atom is 0.416 e. The minimum atomic E-state index is -4.36. The van der Waals surface area contributed by atoms with Crippen LogP contribution in [-0.4, -0.2) is 39.8 Å². The summed E-state index contributed by atoms with van der Waals surface area (Å²) in [6, 6.07) is 6.60. The van der Waals surface area contributed by atoms with E-state index in [2.05, 4.69) is 25.9 Å². The third kappa shape index (κ3) is 4.96. The van der Waals surface area contributed by atoms with Crippen molar-refractivity contribution in [2.24, 2.45) is 0 Å². The van der Waals surface area contributed by atoms with Crippen LogP contribution in [0.4, 0.5) is 13.2 Å². The number of halogens is 3. The van der Waals surface area contributed by atoms with E-state index in [1.54, 1.807) is 9.58 Å². The Labute approximate surface area is 174 Å². The number of aromatic nitrogens is 2. The molecule has 1 saturated heterocycles. The largest absolute Gasteiger partial charge is 0.490 e. The molecule has 8 heteroatoms. The van der Waals surface area contributed by atoms with Gasteiger partial charge in [-0.1, -0.05) is 20.8 Å². The highest BCUT2D eigenvalue weighted by molar-refractivity contribution is 5.92. The fraction of sp³-hybridized carbons (Fsp3) is 0.545. The van der Waals surface area contributed by atoms with Crippen molar-refractivity contribution >= 4 is 5.91 Å². The van der Waals surface area contributed by atoms with Gasteiger partial charge in [0.25, 0.3) is 5.91 Å². The Morgan fingerprint density at radius 1 is 1.13 bits per heavy atom. The van der Waals surface area contributed by atoms with Gasteiger partial charge in [0.05, 0.1) is 11.3 Å². The van der Waals surface area contributed by atoms with Gasteiger partial charge in [-0.05, 0) is 37.3 Å². The lowest BCUT2D eigenvalue weighted by Gasteiger charge is -2.32. The molecule has 1 aromatic heterocycles. The monoisotopic (exact) mass is 423 g/mol. The zero-order chi connectivity index (χ0) is 22.1. The quantitative estimate of drug-likeness (QED) is 0.703. The molecule has 5 nitrogen and oxygen atoms in total. The number of amides is 1. The van der Waals surface area contributed by atoms with Crippen LogP contribution in [0.15, 0.2) is 30.3 Å². The van der Waals surface area contributed by atoms with Crippen LogP contribution in [0.5, 0.6) is 5.75 Å². The van der Waals surface area contributed by atoms with Gasteiger partial charge in [-0.2, -0.15) is 18.3 Å². The van der Waals surface area contributed by atoms with E-state index in [0.29, 0.717) is 43.9 Å². The zero-order valence-electron chi connectivity index (χ0n) is 17.8. The first kappa shape index (κ1) is 22.2. The molecule has 2 heterocycles. The predicted octanol–water partition coefficient (Wildman–Crippen LogP) is 4.90. The van der Waals surface area contributed by atoms with Gasteiger partial charge in [-0.15, -0.1) is 0 Å². The van der Waals surface area contributed by atoms with Gasteiger partial charge in [0.2, 0.25) is 0 Å². The lowest BCUT2D eigenvalue weighted by molar-refractivity contribution is -0.137. The number of aryl methyl sites for hydroxylation is 1. The van der Waals surface area contributed by atoms with Crippen LogP contribution in [0.3, 0.4) is 0 Å². The summed E-state index contributed by atoms with van der Waals surface area (Å²) in [4.78, 5) is 14.8. The number of carbonyl (C=O) groups excluding carboxylic acids is 1. The first-order valence-corrected chi connectivity index (χ1v) is 10.2. The van der Waals surface area contributed by atoms with E-state index in [9.17, 15) is 18.0 Å². The molecule has 1 amide bonds. The van der Waals surface area contributed by atoms with E-state index in [-0.39, 0.29) is 17.4 Å². The smallest absolute Gasteiger partial charge is 0.416 e. The van der Waals surface area contributed by atoms with Crippen LogP contribution in [-0.2, 0) is 18.1 Å². The van der Waals surface area contributed by atoms with Gasteiger partial charge in [0.15, 0.2) is 0 Å². The van der Waals surface area contributed by atoms with Gasteiger partial charge >= 0.3 is 6.18 Å². The molecule has 0 bridgehead atoms. The first-order valence-electron chi connectivity index (χ1n) is 10.2. The molecule has 0 saturated carbocycles. The number of likely N-dealkylation sites (tertiary alicyclic amines) is 1. The minimum Gasteiger partial charge on any atom is -0.490 e. The first-order chi connectivity index (χ1) is 14.0. The van der Waals surface area contributed by atoms with Crippen molar-refractivity contribution in [3.8, 4) is 5.75 Å². The van der Waals surface area contributed by atoms with Crippen LogP contribution in [0.25, 0.3) is 0 Å². The lowest BCUT2D eigenvalue weighted by Crippen LogP contribution is -2.42. The van der Waals surface area contributed by atoms with Crippen molar-refractivity contribution in [3.05, 3.63) is 47.3 Å². The molecule has 0 unspecified atom stereocenters. The summed E-state index contributed by atoms with van der Waals surface area (Å²) in [5.74, 6) is 0.361. The Hall–Kier alpha value is -2.51. The summed E-state index contributed by atoms with van der Waals surface area (Å²) >= 11 is 0. The van der Waals surface area contributed by atoms with Crippen LogP contribution in [0.2, 0.25) is 0 Å². The number of rotatable bonds is 4. The van der Waals surface area contributed by atoms with Crippen molar-refractivity contribution in [2.45, 2.75) is 64.8 Å². The molecular weight excluding hydrogens is 395 g/mol. The molecule has 2 aromatic rings. The molecule has 1 aromatic carbocycles. The Balaban J connectivity index is 1.60. The number of nitrogens with zero attached hydrogens (tertiary/aromatic N) is 3. The topological polar surface area (TPSA) is 47.4 Å².